The van der Waals surface area contributed by atoms with Gasteiger partial charge in [0, 0.05) is 12.6 Å². The van der Waals surface area contributed by atoms with E-state index in [0.29, 0.717) is 26.9 Å². The van der Waals surface area contributed by atoms with Gasteiger partial charge in [0.1, 0.15) is 17.7 Å². The van der Waals surface area contributed by atoms with E-state index in [0.717, 1.165) is 41.0 Å². The normalized spacial score (nSPS) is 14.2. The lowest BCUT2D eigenvalue weighted by Crippen LogP contribution is -2.44. The number of nitrogens with two attached hydrogens (primary N) is 1. The fraction of sp³-hybridized carbons (Fsp3) is 0.333. The lowest BCUT2D eigenvalue weighted by Gasteiger charge is -2.29. The number of nitrogen functional groups attached to an aromatic ring is 1. The average molecular weight is 540 g/mol. The summed E-state index contributed by atoms with van der Waals surface area (Å²) in [4.78, 5) is 12.4. The highest BCUT2D eigenvalue weighted by Crippen LogP contribution is 2.28. The summed E-state index contributed by atoms with van der Waals surface area (Å²) in [5.74, 6) is 0.601. The fourth-order valence-corrected chi connectivity index (χ4v) is 5.52. The molecule has 10 nitrogen and oxygen atoms in total. The number of benzene rings is 3. The Morgan fingerprint density at radius 3 is 2.39 bits per heavy atom. The van der Waals surface area contributed by atoms with Crippen molar-refractivity contribution in [1.29, 1.82) is 5.41 Å². The Bertz CT molecular complexity index is 1410. The lowest BCUT2D eigenvalue weighted by atomic mass is 10.0. The zero-order valence-corrected chi connectivity index (χ0v) is 22.3. The smallest absolute Gasteiger partial charge is 0.424 e. The molecule has 0 bridgehead atoms. The van der Waals surface area contributed by atoms with Crippen molar-refractivity contribution in [2.75, 3.05) is 31.0 Å². The number of fused-ring (bicyclic) bond motifs is 1. The molecule has 1 fully saturated rings. The van der Waals surface area contributed by atoms with Gasteiger partial charge in [-0.15, -0.1) is 0 Å². The van der Waals surface area contributed by atoms with E-state index < -0.39 is 16.3 Å². The molecule has 0 spiro atoms. The molecule has 202 valence electrons. The van der Waals surface area contributed by atoms with Crippen LogP contribution in [0.2, 0.25) is 0 Å². The van der Waals surface area contributed by atoms with Crippen LogP contribution in [-0.4, -0.2) is 57.5 Å². The first kappa shape index (κ1) is 27.2. The van der Waals surface area contributed by atoms with E-state index in [2.05, 4.69) is 5.32 Å². The highest BCUT2D eigenvalue weighted by Gasteiger charge is 2.32. The van der Waals surface area contributed by atoms with Gasteiger partial charge in [-0.25, -0.2) is 9.10 Å². The topological polar surface area (TPSA) is 138 Å². The maximum Gasteiger partial charge on any atom is 0.424 e. The number of piperidine rings is 1. The third-order valence-corrected chi connectivity index (χ3v) is 8.14. The summed E-state index contributed by atoms with van der Waals surface area (Å²) in [5, 5.41) is 12.8. The van der Waals surface area contributed by atoms with Crippen molar-refractivity contribution in [2.45, 2.75) is 32.4 Å². The summed E-state index contributed by atoms with van der Waals surface area (Å²) in [6, 6.07) is 17.8. The SMILES string of the molecule is CCOC(=O)N(C)S(=O)(=O)N(Cc1ccc2ccc(C(=N)N)cc2c1)c1ccc(OC2CCNCC2)cc1. The van der Waals surface area contributed by atoms with Gasteiger partial charge >= 0.3 is 16.3 Å². The Hall–Kier alpha value is -3.83. The molecule has 4 rings (SSSR count). The molecule has 0 radical (unpaired) electrons. The maximum absolute atomic E-state index is 13.6. The van der Waals surface area contributed by atoms with E-state index in [1.807, 2.05) is 24.3 Å². The molecule has 0 atom stereocenters. The number of ether oxygens (including phenoxy) is 2. The number of amides is 1. The number of nitrogens with one attached hydrogen (secondary N) is 2. The first-order valence-electron chi connectivity index (χ1n) is 12.5. The largest absolute Gasteiger partial charge is 0.490 e. The molecular weight excluding hydrogens is 506 g/mol. The van der Waals surface area contributed by atoms with Crippen molar-refractivity contribution in [3.63, 3.8) is 0 Å². The Labute approximate surface area is 223 Å². The monoisotopic (exact) mass is 539 g/mol. The molecule has 38 heavy (non-hydrogen) atoms. The van der Waals surface area contributed by atoms with Crippen LogP contribution in [0.25, 0.3) is 10.8 Å². The minimum absolute atomic E-state index is 0.0409. The number of amidine groups is 1. The van der Waals surface area contributed by atoms with E-state index in [-0.39, 0.29) is 25.1 Å². The summed E-state index contributed by atoms with van der Waals surface area (Å²) >= 11 is 0. The van der Waals surface area contributed by atoms with Crippen LogP contribution in [0.1, 0.15) is 30.9 Å². The Morgan fingerprint density at radius 1 is 1.05 bits per heavy atom. The quantitative estimate of drug-likeness (QED) is 0.279. The predicted molar refractivity (Wildman–Crippen MR) is 148 cm³/mol. The Morgan fingerprint density at radius 2 is 1.74 bits per heavy atom. The van der Waals surface area contributed by atoms with E-state index in [1.54, 1.807) is 43.3 Å². The molecule has 1 aliphatic rings. The van der Waals surface area contributed by atoms with Gasteiger partial charge in [0.15, 0.2) is 0 Å². The number of carbonyl (C=O) groups excluding carboxylic acids is 1. The number of rotatable bonds is 9. The second-order valence-electron chi connectivity index (χ2n) is 9.05. The molecule has 0 aliphatic carbocycles. The van der Waals surface area contributed by atoms with Crippen molar-refractivity contribution in [3.8, 4) is 5.75 Å². The van der Waals surface area contributed by atoms with Crippen LogP contribution < -0.4 is 20.1 Å². The molecule has 1 aliphatic heterocycles. The number of nitrogens with zero attached hydrogens (tertiary/aromatic N) is 2. The second-order valence-corrected chi connectivity index (χ2v) is 10.9. The van der Waals surface area contributed by atoms with Crippen LogP contribution in [-0.2, 0) is 21.5 Å². The molecule has 3 aromatic carbocycles. The van der Waals surface area contributed by atoms with Crippen molar-refractivity contribution in [1.82, 2.24) is 9.62 Å². The molecule has 4 N–H and O–H groups in total. The van der Waals surface area contributed by atoms with Crippen molar-refractivity contribution in [2.24, 2.45) is 5.73 Å². The van der Waals surface area contributed by atoms with Gasteiger partial charge in [-0.05, 0) is 85.6 Å². The third kappa shape index (κ3) is 6.17. The van der Waals surface area contributed by atoms with Crippen LogP contribution in [0, 0.1) is 5.41 Å². The van der Waals surface area contributed by atoms with E-state index in [4.69, 9.17) is 20.6 Å². The van der Waals surface area contributed by atoms with Gasteiger partial charge in [-0.3, -0.25) is 5.41 Å². The second kappa shape index (κ2) is 11.7. The summed E-state index contributed by atoms with van der Waals surface area (Å²) in [5.41, 5.74) is 7.28. The van der Waals surface area contributed by atoms with Crippen LogP contribution in [0.15, 0.2) is 60.7 Å². The van der Waals surface area contributed by atoms with Gasteiger partial charge in [-0.1, -0.05) is 24.3 Å². The molecule has 0 saturated carbocycles. The number of carbonyl (C=O) groups is 1. The molecule has 1 heterocycles. The van der Waals surface area contributed by atoms with Crippen molar-refractivity contribution in [3.05, 3.63) is 71.8 Å². The Kier molecular flexibility index (Phi) is 8.38. The van der Waals surface area contributed by atoms with Crippen LogP contribution in [0.5, 0.6) is 5.75 Å². The minimum atomic E-state index is -4.30. The fourth-order valence-electron chi connectivity index (χ4n) is 4.29. The molecule has 1 amide bonds. The van der Waals surface area contributed by atoms with E-state index in [9.17, 15) is 13.2 Å². The van der Waals surface area contributed by atoms with Crippen LogP contribution >= 0.6 is 0 Å². The van der Waals surface area contributed by atoms with Crippen LogP contribution in [0.4, 0.5) is 10.5 Å². The van der Waals surface area contributed by atoms with E-state index >= 15 is 0 Å². The standard InChI is InChI=1S/C27H33N5O5S/c1-3-36-27(33)31(2)38(34,35)32(23-8-10-24(11-9-23)37-25-12-14-30-15-13-25)18-19-4-5-20-6-7-21(26(28)29)17-22(20)16-19/h4-11,16-17,25,30H,3,12-15,18H2,1-2H3,(H3,28,29). The maximum atomic E-state index is 13.6. The summed E-state index contributed by atoms with van der Waals surface area (Å²) < 4.78 is 40.0. The highest BCUT2D eigenvalue weighted by molar-refractivity contribution is 7.91. The molecule has 1 saturated heterocycles. The number of hydrogen-bond donors (Lipinski definition) is 3. The van der Waals surface area contributed by atoms with Crippen molar-refractivity contribution < 1.29 is 22.7 Å². The molecule has 0 unspecified atom stereocenters. The minimum Gasteiger partial charge on any atom is -0.490 e. The molecule has 11 heteroatoms. The summed E-state index contributed by atoms with van der Waals surface area (Å²) in [7, 11) is -3.12. The van der Waals surface area contributed by atoms with Gasteiger partial charge < -0.3 is 20.5 Å². The zero-order valence-electron chi connectivity index (χ0n) is 21.5. The van der Waals surface area contributed by atoms with Gasteiger partial charge in [0.25, 0.3) is 0 Å². The number of hydrogen-bond acceptors (Lipinski definition) is 7. The zero-order chi connectivity index (χ0) is 27.3. The highest BCUT2D eigenvalue weighted by atomic mass is 32.2. The summed E-state index contributed by atoms with van der Waals surface area (Å²) in [6.45, 7) is 3.41. The van der Waals surface area contributed by atoms with Crippen LogP contribution in [0.3, 0.4) is 0 Å². The third-order valence-electron chi connectivity index (χ3n) is 6.40. The summed E-state index contributed by atoms with van der Waals surface area (Å²) in [6.07, 6.45) is 0.946. The van der Waals surface area contributed by atoms with E-state index in [1.165, 1.54) is 7.05 Å². The molecule has 3 aromatic rings. The number of anilines is 1. The first-order valence-corrected chi connectivity index (χ1v) is 13.9. The van der Waals surface area contributed by atoms with Crippen molar-refractivity contribution >= 4 is 38.6 Å². The van der Waals surface area contributed by atoms with Gasteiger partial charge in [0.2, 0.25) is 0 Å². The molecular formula is C27H33N5O5S. The lowest BCUT2D eigenvalue weighted by molar-refractivity contribution is 0.136. The van der Waals surface area contributed by atoms with Gasteiger partial charge in [0.05, 0.1) is 18.8 Å². The molecule has 0 aromatic heterocycles. The predicted octanol–water partition coefficient (Wildman–Crippen LogP) is 3.59. The first-order chi connectivity index (χ1) is 18.2. The average Bonchev–Trinajstić information content (AvgIpc) is 2.92. The van der Waals surface area contributed by atoms with Gasteiger partial charge in [-0.2, -0.15) is 12.7 Å². The Balaban J connectivity index is 1.67.